The fraction of sp³-hybridized carbons (Fsp3) is 0.733. The molecule has 0 radical (unpaired) electrons. The molecule has 0 aliphatic heterocycles. The van der Waals surface area contributed by atoms with Gasteiger partial charge in [0.1, 0.15) is 17.5 Å². The summed E-state index contributed by atoms with van der Waals surface area (Å²) in [5.74, 6) is 3.21. The van der Waals surface area contributed by atoms with E-state index in [9.17, 15) is 0 Å². The minimum absolute atomic E-state index is 0.0831. The third-order valence-electron chi connectivity index (χ3n) is 4.08. The van der Waals surface area contributed by atoms with Crippen LogP contribution in [0.5, 0.6) is 0 Å². The normalized spacial score (nSPS) is 17.4. The summed E-state index contributed by atoms with van der Waals surface area (Å²) in [5, 5.41) is 0. The Morgan fingerprint density at radius 2 is 1.84 bits per heavy atom. The highest BCUT2D eigenvalue weighted by Gasteiger charge is 2.32. The summed E-state index contributed by atoms with van der Waals surface area (Å²) in [6.07, 6.45) is 2.66. The second kappa shape index (κ2) is 4.66. The van der Waals surface area contributed by atoms with Gasteiger partial charge in [0.05, 0.1) is 0 Å². The number of rotatable bonds is 3. The number of anilines is 2. The standard InChI is InChI=1S/C15H26N4/c1-9-12(16)17-14(15(3,4)5)18-13(9)19(6)10(2)11-7-8-11/h10-11H,7-8H2,1-6H3,(H2,16,17,18). The molecule has 0 saturated heterocycles. The first-order valence-corrected chi connectivity index (χ1v) is 7.09. The van der Waals surface area contributed by atoms with Crippen molar-refractivity contribution >= 4 is 11.6 Å². The smallest absolute Gasteiger partial charge is 0.138 e. The maximum atomic E-state index is 6.07. The molecule has 1 aromatic heterocycles. The van der Waals surface area contributed by atoms with Crippen molar-refractivity contribution in [3.05, 3.63) is 11.4 Å². The van der Waals surface area contributed by atoms with Crippen LogP contribution in [-0.4, -0.2) is 23.1 Å². The lowest BCUT2D eigenvalue weighted by molar-refractivity contribution is 0.539. The van der Waals surface area contributed by atoms with Crippen LogP contribution in [0.2, 0.25) is 0 Å². The van der Waals surface area contributed by atoms with E-state index in [1.165, 1.54) is 12.8 Å². The molecule has 1 aliphatic rings. The third kappa shape index (κ3) is 2.82. The molecule has 1 saturated carbocycles. The van der Waals surface area contributed by atoms with Gasteiger partial charge in [-0.3, -0.25) is 0 Å². The predicted octanol–water partition coefficient (Wildman–Crippen LogP) is 2.90. The van der Waals surface area contributed by atoms with Gasteiger partial charge in [-0.1, -0.05) is 20.8 Å². The molecule has 1 fully saturated rings. The maximum absolute atomic E-state index is 6.07. The van der Waals surface area contributed by atoms with E-state index in [1.807, 2.05) is 6.92 Å². The Morgan fingerprint density at radius 1 is 1.26 bits per heavy atom. The van der Waals surface area contributed by atoms with Gasteiger partial charge in [-0.05, 0) is 32.6 Å². The molecule has 1 atom stereocenters. The first-order chi connectivity index (χ1) is 8.71. The largest absolute Gasteiger partial charge is 0.383 e. The summed E-state index contributed by atoms with van der Waals surface area (Å²) in [6.45, 7) is 10.6. The van der Waals surface area contributed by atoms with Crippen molar-refractivity contribution in [2.24, 2.45) is 5.92 Å². The number of nitrogens with two attached hydrogens (primary N) is 1. The Balaban J connectivity index is 2.40. The van der Waals surface area contributed by atoms with Crippen LogP contribution in [0.15, 0.2) is 0 Å². The van der Waals surface area contributed by atoms with E-state index >= 15 is 0 Å². The maximum Gasteiger partial charge on any atom is 0.138 e. The van der Waals surface area contributed by atoms with Gasteiger partial charge in [0.15, 0.2) is 0 Å². The van der Waals surface area contributed by atoms with Crippen molar-refractivity contribution in [2.45, 2.75) is 58.9 Å². The van der Waals surface area contributed by atoms with Crippen molar-refractivity contribution in [3.8, 4) is 0 Å². The zero-order valence-electron chi connectivity index (χ0n) is 13.0. The van der Waals surface area contributed by atoms with Crippen LogP contribution < -0.4 is 10.6 Å². The molecule has 106 valence electrons. The fourth-order valence-electron chi connectivity index (χ4n) is 2.29. The number of aromatic nitrogens is 2. The average Bonchev–Trinajstić information content (AvgIpc) is 3.13. The molecular weight excluding hydrogens is 236 g/mol. The fourth-order valence-corrected chi connectivity index (χ4v) is 2.29. The van der Waals surface area contributed by atoms with Crippen molar-refractivity contribution in [2.75, 3.05) is 17.7 Å². The van der Waals surface area contributed by atoms with Crippen molar-refractivity contribution < 1.29 is 0 Å². The van der Waals surface area contributed by atoms with E-state index < -0.39 is 0 Å². The lowest BCUT2D eigenvalue weighted by Crippen LogP contribution is -2.33. The molecule has 0 bridgehead atoms. The minimum Gasteiger partial charge on any atom is -0.383 e. The first-order valence-electron chi connectivity index (χ1n) is 7.09. The molecule has 0 amide bonds. The lowest BCUT2D eigenvalue weighted by atomic mass is 9.95. The van der Waals surface area contributed by atoms with Crippen molar-refractivity contribution in [1.82, 2.24) is 9.97 Å². The van der Waals surface area contributed by atoms with E-state index in [0.717, 1.165) is 23.1 Å². The van der Waals surface area contributed by atoms with E-state index in [0.29, 0.717) is 11.9 Å². The highest BCUT2D eigenvalue weighted by molar-refractivity contribution is 5.57. The Hall–Kier alpha value is -1.32. The van der Waals surface area contributed by atoms with Crippen molar-refractivity contribution in [1.29, 1.82) is 0 Å². The van der Waals surface area contributed by atoms with Crippen LogP contribution in [0.4, 0.5) is 11.6 Å². The minimum atomic E-state index is -0.0831. The van der Waals surface area contributed by atoms with Gasteiger partial charge in [0, 0.05) is 24.1 Å². The summed E-state index contributed by atoms with van der Waals surface area (Å²) in [6, 6.07) is 0.515. The van der Waals surface area contributed by atoms with Crippen LogP contribution in [0.3, 0.4) is 0 Å². The molecule has 4 nitrogen and oxygen atoms in total. The molecule has 4 heteroatoms. The number of nitrogens with zero attached hydrogens (tertiary/aromatic N) is 3. The molecule has 2 N–H and O–H groups in total. The molecule has 1 unspecified atom stereocenters. The molecule has 1 heterocycles. The Labute approximate surface area is 116 Å². The average molecular weight is 262 g/mol. The summed E-state index contributed by atoms with van der Waals surface area (Å²) >= 11 is 0. The molecule has 0 aromatic carbocycles. The molecular formula is C15H26N4. The second-order valence-corrected chi connectivity index (χ2v) is 6.82. The van der Waals surface area contributed by atoms with Crippen LogP contribution in [-0.2, 0) is 5.41 Å². The molecule has 1 aromatic rings. The van der Waals surface area contributed by atoms with Gasteiger partial charge in [-0.15, -0.1) is 0 Å². The summed E-state index contributed by atoms with van der Waals surface area (Å²) < 4.78 is 0. The lowest BCUT2D eigenvalue weighted by Gasteiger charge is -2.29. The summed E-state index contributed by atoms with van der Waals surface area (Å²) in [5.41, 5.74) is 6.98. The van der Waals surface area contributed by atoms with Gasteiger partial charge in [0.2, 0.25) is 0 Å². The van der Waals surface area contributed by atoms with Crippen molar-refractivity contribution in [3.63, 3.8) is 0 Å². The molecule has 1 aliphatic carbocycles. The van der Waals surface area contributed by atoms with Gasteiger partial charge in [-0.2, -0.15) is 0 Å². The van der Waals surface area contributed by atoms with Crippen LogP contribution in [0.1, 0.15) is 51.9 Å². The zero-order valence-corrected chi connectivity index (χ0v) is 13.0. The van der Waals surface area contributed by atoms with Crippen LogP contribution in [0.25, 0.3) is 0 Å². The van der Waals surface area contributed by atoms with Gasteiger partial charge in [0.25, 0.3) is 0 Å². The molecule has 19 heavy (non-hydrogen) atoms. The SMILES string of the molecule is Cc1c(N)nc(C(C)(C)C)nc1N(C)C(C)C1CC1. The van der Waals surface area contributed by atoms with Gasteiger partial charge < -0.3 is 10.6 Å². The number of hydrogen-bond acceptors (Lipinski definition) is 4. The number of hydrogen-bond donors (Lipinski definition) is 1. The zero-order chi connectivity index (χ0) is 14.4. The third-order valence-corrected chi connectivity index (χ3v) is 4.08. The van der Waals surface area contributed by atoms with Crippen LogP contribution in [0, 0.1) is 12.8 Å². The Kier molecular flexibility index (Phi) is 3.45. The van der Waals surface area contributed by atoms with E-state index in [-0.39, 0.29) is 5.41 Å². The topological polar surface area (TPSA) is 55.0 Å². The van der Waals surface area contributed by atoms with Gasteiger partial charge in [-0.25, -0.2) is 9.97 Å². The second-order valence-electron chi connectivity index (χ2n) is 6.82. The molecule has 0 spiro atoms. The quantitative estimate of drug-likeness (QED) is 0.910. The van der Waals surface area contributed by atoms with E-state index in [4.69, 9.17) is 10.7 Å². The summed E-state index contributed by atoms with van der Waals surface area (Å²) in [7, 11) is 2.12. The predicted molar refractivity (Wildman–Crippen MR) is 80.5 cm³/mol. The first kappa shape index (κ1) is 14.1. The Morgan fingerprint density at radius 3 is 2.32 bits per heavy atom. The van der Waals surface area contributed by atoms with E-state index in [1.54, 1.807) is 0 Å². The monoisotopic (exact) mass is 262 g/mol. The summed E-state index contributed by atoms with van der Waals surface area (Å²) in [4.78, 5) is 11.5. The van der Waals surface area contributed by atoms with Crippen LogP contribution >= 0.6 is 0 Å². The Bertz CT molecular complexity index is 472. The molecule has 2 rings (SSSR count). The highest BCUT2D eigenvalue weighted by atomic mass is 15.2. The number of nitrogen functional groups attached to an aromatic ring is 1. The van der Waals surface area contributed by atoms with Gasteiger partial charge >= 0.3 is 0 Å². The van der Waals surface area contributed by atoms with E-state index in [2.05, 4.69) is 44.6 Å². The highest BCUT2D eigenvalue weighted by Crippen LogP contribution is 2.37.